The molecule has 0 unspecified atom stereocenters. The van der Waals surface area contributed by atoms with Crippen LogP contribution in [0.25, 0.3) is 0 Å². The quantitative estimate of drug-likeness (QED) is 0.914. The van der Waals surface area contributed by atoms with Gasteiger partial charge in [0.2, 0.25) is 5.91 Å². The molecule has 1 N–H and O–H groups in total. The van der Waals surface area contributed by atoms with Gasteiger partial charge in [0.15, 0.2) is 0 Å². The molecule has 1 saturated carbocycles. The Kier molecular flexibility index (Phi) is 4.27. The van der Waals surface area contributed by atoms with Gasteiger partial charge in [0.25, 0.3) is 0 Å². The largest absolute Gasteiger partial charge is 0.487 e. The van der Waals surface area contributed by atoms with Crippen molar-refractivity contribution in [3.63, 3.8) is 0 Å². The van der Waals surface area contributed by atoms with Gasteiger partial charge >= 0.3 is 0 Å². The van der Waals surface area contributed by atoms with E-state index in [-0.39, 0.29) is 23.5 Å². The molecule has 3 aliphatic rings. The van der Waals surface area contributed by atoms with E-state index in [2.05, 4.69) is 43.1 Å². The second-order valence-corrected chi connectivity index (χ2v) is 8.54. The van der Waals surface area contributed by atoms with Crippen LogP contribution in [-0.4, -0.2) is 35.5 Å². The zero-order valence-electron chi connectivity index (χ0n) is 15.6. The Morgan fingerprint density at radius 3 is 2.60 bits per heavy atom. The molecule has 2 fully saturated rings. The normalized spacial score (nSPS) is 30.6. The van der Waals surface area contributed by atoms with Crippen LogP contribution < -0.4 is 10.1 Å². The molecule has 1 saturated heterocycles. The van der Waals surface area contributed by atoms with Gasteiger partial charge in [0.1, 0.15) is 11.4 Å². The molecule has 2 aliphatic heterocycles. The van der Waals surface area contributed by atoms with Crippen LogP contribution in [0.15, 0.2) is 24.3 Å². The van der Waals surface area contributed by atoms with Gasteiger partial charge in [-0.3, -0.25) is 4.79 Å². The number of piperidine rings is 1. The average Bonchev–Trinajstić information content (AvgIpc) is 3.32. The predicted octanol–water partition coefficient (Wildman–Crippen LogP) is 3.53. The molecule has 1 aromatic carbocycles. The number of benzene rings is 1. The fourth-order valence-corrected chi connectivity index (χ4v) is 4.47. The molecule has 3 atom stereocenters. The molecule has 25 heavy (non-hydrogen) atoms. The van der Waals surface area contributed by atoms with Crippen LogP contribution in [-0.2, 0) is 4.79 Å². The number of fused-ring (bicyclic) bond motifs is 1. The van der Waals surface area contributed by atoms with E-state index < -0.39 is 0 Å². The number of rotatable bonds is 3. The first-order valence-electron chi connectivity index (χ1n) is 9.80. The smallest absolute Gasteiger partial charge is 0.223 e. The van der Waals surface area contributed by atoms with Gasteiger partial charge in [-0.25, -0.2) is 0 Å². The van der Waals surface area contributed by atoms with E-state index >= 15 is 0 Å². The third kappa shape index (κ3) is 3.29. The summed E-state index contributed by atoms with van der Waals surface area (Å²) in [4.78, 5) is 15.1. The number of amides is 1. The van der Waals surface area contributed by atoms with E-state index in [0.717, 1.165) is 50.1 Å². The number of nitrogens with one attached hydrogen (secondary N) is 1. The highest BCUT2D eigenvalue weighted by Gasteiger charge is 2.46. The molecule has 0 aromatic heterocycles. The summed E-state index contributed by atoms with van der Waals surface area (Å²) in [5.74, 6) is 1.94. The Bertz CT molecular complexity index is 649. The highest BCUT2D eigenvalue weighted by molar-refractivity contribution is 5.82. The van der Waals surface area contributed by atoms with Crippen LogP contribution >= 0.6 is 0 Å². The summed E-state index contributed by atoms with van der Waals surface area (Å²) in [6.45, 7) is 8.81. The van der Waals surface area contributed by atoms with Gasteiger partial charge in [-0.1, -0.05) is 25.1 Å². The number of ether oxygens (including phenoxy) is 1. The molecule has 1 spiro atoms. The molecule has 1 aliphatic carbocycles. The molecule has 4 nitrogen and oxygen atoms in total. The number of hydrogen-bond acceptors (Lipinski definition) is 3. The summed E-state index contributed by atoms with van der Waals surface area (Å²) in [6.07, 6.45) is 3.99. The molecule has 1 amide bonds. The molecule has 2 heterocycles. The number of likely N-dealkylation sites (tertiary alicyclic amines) is 1. The molecule has 4 rings (SSSR count). The summed E-state index contributed by atoms with van der Waals surface area (Å²) in [5, 5.41) is 3.34. The van der Waals surface area contributed by atoms with Crippen molar-refractivity contribution >= 4 is 5.91 Å². The highest BCUT2D eigenvalue weighted by atomic mass is 16.5. The van der Waals surface area contributed by atoms with Crippen molar-refractivity contribution < 1.29 is 9.53 Å². The van der Waals surface area contributed by atoms with Gasteiger partial charge in [0, 0.05) is 37.0 Å². The topological polar surface area (TPSA) is 41.6 Å². The molecular weight excluding hydrogens is 312 g/mol. The number of carbonyl (C=O) groups is 1. The van der Waals surface area contributed by atoms with Crippen molar-refractivity contribution in [1.29, 1.82) is 0 Å². The first-order chi connectivity index (χ1) is 12.0. The summed E-state index contributed by atoms with van der Waals surface area (Å²) < 4.78 is 6.52. The lowest BCUT2D eigenvalue weighted by atomic mass is 9.80. The van der Waals surface area contributed by atoms with Crippen molar-refractivity contribution in [2.75, 3.05) is 13.1 Å². The van der Waals surface area contributed by atoms with E-state index in [0.29, 0.717) is 12.0 Å². The van der Waals surface area contributed by atoms with Gasteiger partial charge in [0.05, 0.1) is 6.04 Å². The zero-order valence-corrected chi connectivity index (χ0v) is 15.6. The van der Waals surface area contributed by atoms with E-state index in [1.165, 1.54) is 0 Å². The van der Waals surface area contributed by atoms with E-state index in [9.17, 15) is 4.79 Å². The minimum Gasteiger partial charge on any atom is -0.487 e. The van der Waals surface area contributed by atoms with Crippen molar-refractivity contribution in [2.24, 2.45) is 11.8 Å². The summed E-state index contributed by atoms with van der Waals surface area (Å²) >= 11 is 0. The Hall–Kier alpha value is -1.55. The average molecular weight is 342 g/mol. The predicted molar refractivity (Wildman–Crippen MR) is 98.5 cm³/mol. The van der Waals surface area contributed by atoms with E-state index in [4.69, 9.17) is 4.74 Å². The van der Waals surface area contributed by atoms with E-state index in [1.807, 2.05) is 12.1 Å². The highest BCUT2D eigenvalue weighted by Crippen LogP contribution is 2.45. The fourth-order valence-electron chi connectivity index (χ4n) is 4.47. The number of hydrogen-bond donors (Lipinski definition) is 1. The first kappa shape index (κ1) is 16.9. The zero-order chi connectivity index (χ0) is 17.6. The second-order valence-electron chi connectivity index (χ2n) is 8.54. The number of para-hydroxylation sites is 1. The van der Waals surface area contributed by atoms with Crippen LogP contribution in [0.3, 0.4) is 0 Å². The van der Waals surface area contributed by atoms with Crippen molar-refractivity contribution in [3.8, 4) is 5.75 Å². The van der Waals surface area contributed by atoms with Gasteiger partial charge in [-0.2, -0.15) is 0 Å². The van der Waals surface area contributed by atoms with Crippen molar-refractivity contribution in [1.82, 2.24) is 10.2 Å². The maximum absolute atomic E-state index is 12.5. The lowest BCUT2D eigenvalue weighted by molar-refractivity contribution is -0.124. The van der Waals surface area contributed by atoms with Gasteiger partial charge in [-0.15, -0.1) is 0 Å². The molecule has 136 valence electrons. The Labute approximate surface area is 150 Å². The van der Waals surface area contributed by atoms with Crippen LogP contribution in [0, 0.1) is 11.8 Å². The number of carbonyl (C=O) groups excluding carboxylic acids is 1. The molecule has 1 aromatic rings. The number of nitrogens with zero attached hydrogens (tertiary/aromatic N) is 1. The van der Waals surface area contributed by atoms with E-state index in [1.54, 1.807) is 0 Å². The van der Waals surface area contributed by atoms with Crippen LogP contribution in [0.2, 0.25) is 0 Å². The molecule has 0 bridgehead atoms. The van der Waals surface area contributed by atoms with Crippen molar-refractivity contribution in [3.05, 3.63) is 29.8 Å². The van der Waals surface area contributed by atoms with Gasteiger partial charge in [-0.05, 0) is 45.1 Å². The fraction of sp³-hybridized carbons (Fsp3) is 0.667. The molecule has 4 heteroatoms. The minimum absolute atomic E-state index is 0.0795. The SMILES string of the molecule is CC(C)N1CCC2(CC1)C[C@H](NC(=O)[C@H]1C[C@H]1C)c1ccccc1O2. The van der Waals surface area contributed by atoms with Crippen LogP contribution in [0.5, 0.6) is 5.75 Å². The van der Waals surface area contributed by atoms with Crippen LogP contribution in [0.1, 0.15) is 58.1 Å². The molecule has 0 radical (unpaired) electrons. The summed E-state index contributed by atoms with van der Waals surface area (Å²) in [6, 6.07) is 8.90. The maximum atomic E-state index is 12.5. The molecular formula is C21H30N2O2. The Morgan fingerprint density at radius 2 is 1.96 bits per heavy atom. The Balaban J connectivity index is 1.53. The third-order valence-corrected chi connectivity index (χ3v) is 6.40. The van der Waals surface area contributed by atoms with Crippen molar-refractivity contribution in [2.45, 2.75) is 64.1 Å². The van der Waals surface area contributed by atoms with Crippen LogP contribution in [0.4, 0.5) is 0 Å². The second kappa shape index (κ2) is 6.31. The Morgan fingerprint density at radius 1 is 1.28 bits per heavy atom. The summed E-state index contributed by atoms with van der Waals surface area (Å²) in [5.41, 5.74) is 1.01. The lowest BCUT2D eigenvalue weighted by Gasteiger charge is -2.47. The standard InChI is InChI=1S/C21H30N2O2/c1-14(2)23-10-8-21(9-11-23)13-18(22-20(24)17-12-15(17)3)16-6-4-5-7-19(16)25-21/h4-7,14-15,17-18H,8-13H2,1-3H3,(H,22,24)/t15-,17+,18+/m1/s1. The monoisotopic (exact) mass is 342 g/mol. The third-order valence-electron chi connectivity index (χ3n) is 6.40. The maximum Gasteiger partial charge on any atom is 0.223 e. The lowest BCUT2D eigenvalue weighted by Crippen LogP contribution is -2.53. The summed E-state index contributed by atoms with van der Waals surface area (Å²) in [7, 11) is 0. The van der Waals surface area contributed by atoms with Gasteiger partial charge < -0.3 is 15.0 Å². The first-order valence-corrected chi connectivity index (χ1v) is 9.80. The minimum atomic E-state index is -0.132.